The third kappa shape index (κ3) is 3.60. The van der Waals surface area contributed by atoms with Gasteiger partial charge in [-0.25, -0.2) is 0 Å². The van der Waals surface area contributed by atoms with Crippen LogP contribution in [0.3, 0.4) is 0 Å². The fraction of sp³-hybridized carbons (Fsp3) is 0.643. The van der Waals surface area contributed by atoms with Crippen LogP contribution in [0.25, 0.3) is 0 Å². The Morgan fingerprint density at radius 2 is 2.28 bits per heavy atom. The van der Waals surface area contributed by atoms with Crippen molar-refractivity contribution >= 4 is 5.91 Å². The van der Waals surface area contributed by atoms with E-state index in [1.54, 1.807) is 6.26 Å². The van der Waals surface area contributed by atoms with Gasteiger partial charge in [0, 0.05) is 0 Å². The van der Waals surface area contributed by atoms with Crippen molar-refractivity contribution in [2.75, 3.05) is 6.54 Å². The molecule has 1 amide bonds. The van der Waals surface area contributed by atoms with E-state index in [0.717, 1.165) is 31.6 Å². The average molecular weight is 250 g/mol. The van der Waals surface area contributed by atoms with Gasteiger partial charge >= 0.3 is 0 Å². The number of hydrogen-bond donors (Lipinski definition) is 2. The molecule has 4 nitrogen and oxygen atoms in total. The van der Waals surface area contributed by atoms with Crippen LogP contribution in [0.1, 0.15) is 50.8 Å². The predicted octanol–water partition coefficient (Wildman–Crippen LogP) is 2.38. The Morgan fingerprint density at radius 3 is 3.06 bits per heavy atom. The maximum absolute atomic E-state index is 12.2. The van der Waals surface area contributed by atoms with Crippen molar-refractivity contribution in [2.45, 2.75) is 51.1 Å². The lowest BCUT2D eigenvalue weighted by Gasteiger charge is -2.22. The van der Waals surface area contributed by atoms with Crippen molar-refractivity contribution in [3.8, 4) is 0 Å². The lowest BCUT2D eigenvalue weighted by molar-refractivity contribution is -0.124. The highest BCUT2D eigenvalue weighted by molar-refractivity contribution is 5.82. The zero-order chi connectivity index (χ0) is 12.8. The highest BCUT2D eigenvalue weighted by Crippen LogP contribution is 2.14. The van der Waals surface area contributed by atoms with E-state index in [0.29, 0.717) is 0 Å². The molecule has 2 heterocycles. The summed E-state index contributed by atoms with van der Waals surface area (Å²) >= 11 is 0. The molecule has 0 aliphatic carbocycles. The van der Waals surface area contributed by atoms with Crippen LogP contribution >= 0.6 is 0 Å². The van der Waals surface area contributed by atoms with Gasteiger partial charge in [0.25, 0.3) is 0 Å². The molecular formula is C14H22N2O2. The minimum atomic E-state index is -0.0697. The third-order valence-corrected chi connectivity index (χ3v) is 3.46. The second-order valence-corrected chi connectivity index (χ2v) is 4.96. The van der Waals surface area contributed by atoms with Crippen molar-refractivity contribution in [2.24, 2.45) is 0 Å². The Morgan fingerprint density at radius 1 is 1.44 bits per heavy atom. The minimum absolute atomic E-state index is 0.0530. The quantitative estimate of drug-likeness (QED) is 0.866. The molecule has 0 saturated carbocycles. The van der Waals surface area contributed by atoms with Crippen LogP contribution in [0.4, 0.5) is 0 Å². The number of rotatable bonds is 3. The van der Waals surface area contributed by atoms with E-state index in [9.17, 15) is 4.79 Å². The molecule has 4 heteroatoms. The van der Waals surface area contributed by atoms with Crippen molar-refractivity contribution in [3.63, 3.8) is 0 Å². The molecule has 1 unspecified atom stereocenters. The molecule has 0 aromatic carbocycles. The first-order chi connectivity index (χ1) is 8.77. The lowest BCUT2D eigenvalue weighted by atomic mass is 10.0. The Labute approximate surface area is 108 Å². The van der Waals surface area contributed by atoms with Gasteiger partial charge in [-0.2, -0.15) is 0 Å². The Balaban J connectivity index is 1.86. The van der Waals surface area contributed by atoms with Gasteiger partial charge in [-0.05, 0) is 38.4 Å². The average Bonchev–Trinajstić information content (AvgIpc) is 2.81. The summed E-state index contributed by atoms with van der Waals surface area (Å²) in [6.07, 6.45) is 7.35. The fourth-order valence-electron chi connectivity index (χ4n) is 2.35. The number of carbonyl (C=O) groups excluding carboxylic acids is 1. The number of carbonyl (C=O) groups is 1. The van der Waals surface area contributed by atoms with Gasteiger partial charge in [0.1, 0.15) is 5.76 Å². The molecule has 2 rings (SSSR count). The van der Waals surface area contributed by atoms with Gasteiger partial charge in [-0.15, -0.1) is 0 Å². The summed E-state index contributed by atoms with van der Waals surface area (Å²) in [5.41, 5.74) is 0. The first-order valence-electron chi connectivity index (χ1n) is 6.84. The molecule has 1 aromatic heterocycles. The third-order valence-electron chi connectivity index (χ3n) is 3.46. The summed E-state index contributed by atoms with van der Waals surface area (Å²) in [5.74, 6) is 0.884. The smallest absolute Gasteiger partial charge is 0.237 e. The zero-order valence-corrected chi connectivity index (χ0v) is 10.9. The zero-order valence-electron chi connectivity index (χ0n) is 10.9. The molecule has 0 radical (unpaired) electrons. The molecule has 0 spiro atoms. The van der Waals surface area contributed by atoms with Crippen molar-refractivity contribution in [1.82, 2.24) is 10.6 Å². The standard InChI is InChI=1S/C14H22N2O2/c1-11(13-8-6-10-18-13)16-14(17)12-7-4-2-3-5-9-15-12/h6,8,10-12,15H,2-5,7,9H2,1H3,(H,16,17)/t11-,12?/m0/s1. The Kier molecular flexibility index (Phi) is 4.81. The molecule has 0 bridgehead atoms. The highest BCUT2D eigenvalue weighted by Gasteiger charge is 2.21. The monoisotopic (exact) mass is 250 g/mol. The van der Waals surface area contributed by atoms with E-state index in [1.807, 2.05) is 19.1 Å². The SMILES string of the molecule is C[C@H](NC(=O)C1CCCCCCN1)c1ccco1. The Hall–Kier alpha value is -1.29. The molecule has 2 N–H and O–H groups in total. The second-order valence-electron chi connectivity index (χ2n) is 4.96. The van der Waals surface area contributed by atoms with Crippen LogP contribution in [0.15, 0.2) is 22.8 Å². The highest BCUT2D eigenvalue weighted by atomic mass is 16.3. The lowest BCUT2D eigenvalue weighted by Crippen LogP contribution is -2.45. The minimum Gasteiger partial charge on any atom is -0.467 e. The van der Waals surface area contributed by atoms with E-state index in [-0.39, 0.29) is 18.0 Å². The van der Waals surface area contributed by atoms with E-state index in [4.69, 9.17) is 4.42 Å². The normalized spacial score (nSPS) is 22.8. The molecule has 2 atom stereocenters. The topological polar surface area (TPSA) is 54.3 Å². The van der Waals surface area contributed by atoms with Gasteiger partial charge < -0.3 is 15.1 Å². The summed E-state index contributed by atoms with van der Waals surface area (Å²) in [6.45, 7) is 2.88. The first kappa shape index (κ1) is 13.1. The maximum atomic E-state index is 12.2. The van der Waals surface area contributed by atoms with Gasteiger partial charge in [-0.1, -0.05) is 19.3 Å². The summed E-state index contributed by atoms with van der Waals surface area (Å²) < 4.78 is 5.29. The number of amides is 1. The van der Waals surface area contributed by atoms with Crippen molar-refractivity contribution in [3.05, 3.63) is 24.2 Å². The molecule has 1 aliphatic heterocycles. The van der Waals surface area contributed by atoms with Crippen LogP contribution in [0, 0.1) is 0 Å². The van der Waals surface area contributed by atoms with Crippen LogP contribution in [0.2, 0.25) is 0 Å². The van der Waals surface area contributed by atoms with Crippen molar-refractivity contribution in [1.29, 1.82) is 0 Å². The van der Waals surface area contributed by atoms with E-state index in [1.165, 1.54) is 12.8 Å². The van der Waals surface area contributed by atoms with Crippen LogP contribution < -0.4 is 10.6 Å². The predicted molar refractivity (Wildman–Crippen MR) is 70.1 cm³/mol. The number of furan rings is 1. The summed E-state index contributed by atoms with van der Waals surface area (Å²) in [4.78, 5) is 12.2. The van der Waals surface area contributed by atoms with Gasteiger partial charge in [-0.3, -0.25) is 4.79 Å². The summed E-state index contributed by atoms with van der Waals surface area (Å²) in [5, 5.41) is 6.33. The molecule has 1 saturated heterocycles. The molecule has 1 aliphatic rings. The molecule has 100 valence electrons. The van der Waals surface area contributed by atoms with E-state index >= 15 is 0 Å². The maximum Gasteiger partial charge on any atom is 0.237 e. The van der Waals surface area contributed by atoms with E-state index < -0.39 is 0 Å². The molecule has 1 fully saturated rings. The molecule has 18 heavy (non-hydrogen) atoms. The first-order valence-corrected chi connectivity index (χ1v) is 6.84. The van der Waals surface area contributed by atoms with E-state index in [2.05, 4.69) is 10.6 Å². The fourth-order valence-corrected chi connectivity index (χ4v) is 2.35. The summed E-state index contributed by atoms with van der Waals surface area (Å²) in [6, 6.07) is 3.60. The molecular weight excluding hydrogens is 228 g/mol. The molecule has 1 aromatic rings. The van der Waals surface area contributed by atoms with Crippen LogP contribution in [-0.4, -0.2) is 18.5 Å². The van der Waals surface area contributed by atoms with Gasteiger partial charge in [0.2, 0.25) is 5.91 Å². The van der Waals surface area contributed by atoms with Crippen LogP contribution in [-0.2, 0) is 4.79 Å². The largest absolute Gasteiger partial charge is 0.467 e. The van der Waals surface area contributed by atoms with Crippen LogP contribution in [0.5, 0.6) is 0 Å². The number of nitrogens with one attached hydrogen (secondary N) is 2. The number of hydrogen-bond acceptors (Lipinski definition) is 3. The van der Waals surface area contributed by atoms with Gasteiger partial charge in [0.05, 0.1) is 18.3 Å². The van der Waals surface area contributed by atoms with Crippen molar-refractivity contribution < 1.29 is 9.21 Å². The second kappa shape index (κ2) is 6.59. The summed E-state index contributed by atoms with van der Waals surface area (Å²) in [7, 11) is 0. The Bertz CT molecular complexity index is 354. The van der Waals surface area contributed by atoms with Gasteiger partial charge in [0.15, 0.2) is 0 Å².